The molecule has 0 saturated heterocycles. The number of hydrogen-bond acceptors (Lipinski definition) is 3. The summed E-state index contributed by atoms with van der Waals surface area (Å²) in [4.78, 5) is 14.2. The van der Waals surface area contributed by atoms with E-state index in [1.807, 2.05) is 12.1 Å². The Kier molecular flexibility index (Phi) is 3.19. The van der Waals surface area contributed by atoms with Gasteiger partial charge in [0.2, 0.25) is 0 Å². The molecule has 2 aromatic rings. The summed E-state index contributed by atoms with van der Waals surface area (Å²) in [6, 6.07) is 5.74. The molecule has 2 heterocycles. The number of aryl methyl sites for hydroxylation is 2. The van der Waals surface area contributed by atoms with Crippen LogP contribution in [0.2, 0.25) is 0 Å². The minimum Gasteiger partial charge on any atom is -0.467 e. The molecule has 0 saturated carbocycles. The van der Waals surface area contributed by atoms with Gasteiger partial charge in [-0.2, -0.15) is 0 Å². The van der Waals surface area contributed by atoms with Gasteiger partial charge in [0.1, 0.15) is 5.76 Å². The highest BCUT2D eigenvalue weighted by Crippen LogP contribution is 2.29. The summed E-state index contributed by atoms with van der Waals surface area (Å²) in [5, 5.41) is 2.89. The minimum atomic E-state index is 0.00537. The zero-order valence-electron chi connectivity index (χ0n) is 10.1. The number of furan rings is 1. The first-order chi connectivity index (χ1) is 8.83. The summed E-state index contributed by atoms with van der Waals surface area (Å²) in [5.74, 6) is 0.787. The Morgan fingerprint density at radius 1 is 1.39 bits per heavy atom. The molecule has 1 aliphatic rings. The third-order valence-corrected chi connectivity index (χ3v) is 4.46. The summed E-state index contributed by atoms with van der Waals surface area (Å²) < 4.78 is 5.19. The standard InChI is InChI=1S/C14H15NO2S/c16-14(15-9-11-5-3-7-17-11)13-8-10-4-1-2-6-12(10)18-13/h3,5,7-8H,1-2,4,6,9H2,(H,15,16). The van der Waals surface area contributed by atoms with Gasteiger partial charge in [-0.15, -0.1) is 11.3 Å². The van der Waals surface area contributed by atoms with Crippen molar-refractivity contribution in [1.82, 2.24) is 5.32 Å². The number of carbonyl (C=O) groups is 1. The van der Waals surface area contributed by atoms with Crippen LogP contribution in [0.5, 0.6) is 0 Å². The largest absolute Gasteiger partial charge is 0.467 e. The van der Waals surface area contributed by atoms with Gasteiger partial charge in [0.15, 0.2) is 0 Å². The predicted molar refractivity (Wildman–Crippen MR) is 70.8 cm³/mol. The maximum atomic E-state index is 12.0. The zero-order valence-corrected chi connectivity index (χ0v) is 10.9. The summed E-state index contributed by atoms with van der Waals surface area (Å²) in [6.07, 6.45) is 6.37. The smallest absolute Gasteiger partial charge is 0.261 e. The van der Waals surface area contributed by atoms with E-state index in [-0.39, 0.29) is 5.91 Å². The Labute approximate surface area is 110 Å². The van der Waals surface area contributed by atoms with E-state index in [0.717, 1.165) is 23.5 Å². The normalized spacial score (nSPS) is 14.2. The van der Waals surface area contributed by atoms with Crippen molar-refractivity contribution in [2.24, 2.45) is 0 Å². The molecule has 0 atom stereocenters. The molecule has 1 amide bonds. The van der Waals surface area contributed by atoms with Gasteiger partial charge < -0.3 is 9.73 Å². The van der Waals surface area contributed by atoms with E-state index < -0.39 is 0 Å². The molecule has 4 heteroatoms. The molecule has 18 heavy (non-hydrogen) atoms. The average molecular weight is 261 g/mol. The van der Waals surface area contributed by atoms with Gasteiger partial charge in [-0.3, -0.25) is 4.79 Å². The van der Waals surface area contributed by atoms with Gasteiger partial charge in [-0.05, 0) is 49.4 Å². The van der Waals surface area contributed by atoms with Gasteiger partial charge in [0.25, 0.3) is 5.91 Å². The maximum Gasteiger partial charge on any atom is 0.261 e. The second kappa shape index (κ2) is 4.98. The lowest BCUT2D eigenvalue weighted by atomic mass is 9.99. The second-order valence-corrected chi connectivity index (χ2v) is 5.66. The number of amides is 1. The third-order valence-electron chi connectivity index (χ3n) is 3.22. The number of fused-ring (bicyclic) bond motifs is 1. The number of carbonyl (C=O) groups excluding carboxylic acids is 1. The minimum absolute atomic E-state index is 0.00537. The summed E-state index contributed by atoms with van der Waals surface area (Å²) in [7, 11) is 0. The molecule has 1 N–H and O–H groups in total. The SMILES string of the molecule is O=C(NCc1ccco1)c1cc2c(s1)CCCC2. The maximum absolute atomic E-state index is 12.0. The van der Waals surface area contributed by atoms with Crippen molar-refractivity contribution in [3.63, 3.8) is 0 Å². The Hall–Kier alpha value is -1.55. The van der Waals surface area contributed by atoms with Crippen molar-refractivity contribution in [3.8, 4) is 0 Å². The van der Waals surface area contributed by atoms with Gasteiger partial charge in [0, 0.05) is 4.88 Å². The van der Waals surface area contributed by atoms with Crippen molar-refractivity contribution in [3.05, 3.63) is 45.5 Å². The van der Waals surface area contributed by atoms with E-state index in [2.05, 4.69) is 11.4 Å². The van der Waals surface area contributed by atoms with Crippen molar-refractivity contribution in [2.75, 3.05) is 0 Å². The molecule has 0 aliphatic heterocycles. The second-order valence-electron chi connectivity index (χ2n) is 4.53. The molecular formula is C14H15NO2S. The highest BCUT2D eigenvalue weighted by Gasteiger charge is 2.17. The Balaban J connectivity index is 1.67. The van der Waals surface area contributed by atoms with Gasteiger partial charge in [-0.1, -0.05) is 0 Å². The number of hydrogen-bond donors (Lipinski definition) is 1. The van der Waals surface area contributed by atoms with Crippen LogP contribution in [-0.2, 0) is 19.4 Å². The first-order valence-electron chi connectivity index (χ1n) is 6.25. The highest BCUT2D eigenvalue weighted by atomic mass is 32.1. The molecule has 94 valence electrons. The van der Waals surface area contributed by atoms with Crippen molar-refractivity contribution < 1.29 is 9.21 Å². The molecule has 0 fully saturated rings. The Bertz CT molecular complexity index is 519. The van der Waals surface area contributed by atoms with Gasteiger partial charge in [-0.25, -0.2) is 0 Å². The lowest BCUT2D eigenvalue weighted by molar-refractivity contribution is 0.0952. The molecule has 0 bridgehead atoms. The lowest BCUT2D eigenvalue weighted by Crippen LogP contribution is -2.21. The molecule has 3 nitrogen and oxygen atoms in total. The fraction of sp³-hybridized carbons (Fsp3) is 0.357. The van der Waals surface area contributed by atoms with Crippen LogP contribution >= 0.6 is 11.3 Å². The van der Waals surface area contributed by atoms with E-state index in [4.69, 9.17) is 4.42 Å². The molecule has 1 aliphatic carbocycles. The van der Waals surface area contributed by atoms with Crippen molar-refractivity contribution in [2.45, 2.75) is 32.2 Å². The van der Waals surface area contributed by atoms with Gasteiger partial charge >= 0.3 is 0 Å². The van der Waals surface area contributed by atoms with Crippen LogP contribution < -0.4 is 5.32 Å². The molecular weight excluding hydrogens is 246 g/mol. The molecule has 2 aromatic heterocycles. The van der Waals surface area contributed by atoms with Gasteiger partial charge in [0.05, 0.1) is 17.7 Å². The van der Waals surface area contributed by atoms with E-state index in [1.54, 1.807) is 17.6 Å². The monoisotopic (exact) mass is 261 g/mol. The summed E-state index contributed by atoms with van der Waals surface area (Å²) in [6.45, 7) is 0.453. The zero-order chi connectivity index (χ0) is 12.4. The number of rotatable bonds is 3. The summed E-state index contributed by atoms with van der Waals surface area (Å²) >= 11 is 1.64. The van der Waals surface area contributed by atoms with Crippen LogP contribution in [0.1, 0.15) is 38.7 Å². The Morgan fingerprint density at radius 3 is 3.06 bits per heavy atom. The fourth-order valence-electron chi connectivity index (χ4n) is 2.27. The summed E-state index contributed by atoms with van der Waals surface area (Å²) in [5.41, 5.74) is 1.37. The lowest BCUT2D eigenvalue weighted by Gasteiger charge is -2.08. The molecule has 3 rings (SSSR count). The van der Waals surface area contributed by atoms with E-state index in [1.165, 1.54) is 23.3 Å². The molecule has 0 radical (unpaired) electrons. The van der Waals surface area contributed by atoms with Crippen LogP contribution in [0, 0.1) is 0 Å². The van der Waals surface area contributed by atoms with Crippen LogP contribution in [0.25, 0.3) is 0 Å². The van der Waals surface area contributed by atoms with E-state index >= 15 is 0 Å². The average Bonchev–Trinajstić information content (AvgIpc) is 3.04. The first-order valence-corrected chi connectivity index (χ1v) is 7.07. The first kappa shape index (κ1) is 11.5. The van der Waals surface area contributed by atoms with E-state index in [0.29, 0.717) is 6.54 Å². The topological polar surface area (TPSA) is 42.2 Å². The number of thiophene rings is 1. The predicted octanol–water partition coefficient (Wildman–Crippen LogP) is 3.15. The van der Waals surface area contributed by atoms with Crippen molar-refractivity contribution >= 4 is 17.2 Å². The third kappa shape index (κ3) is 2.34. The molecule has 0 spiro atoms. The van der Waals surface area contributed by atoms with Crippen LogP contribution in [0.3, 0.4) is 0 Å². The molecule has 0 aromatic carbocycles. The van der Waals surface area contributed by atoms with Crippen LogP contribution in [0.4, 0.5) is 0 Å². The molecule has 0 unspecified atom stereocenters. The van der Waals surface area contributed by atoms with Crippen LogP contribution in [-0.4, -0.2) is 5.91 Å². The number of nitrogens with one attached hydrogen (secondary N) is 1. The fourth-order valence-corrected chi connectivity index (χ4v) is 3.44. The highest BCUT2D eigenvalue weighted by molar-refractivity contribution is 7.14. The van der Waals surface area contributed by atoms with Crippen LogP contribution in [0.15, 0.2) is 28.9 Å². The Morgan fingerprint density at radius 2 is 2.28 bits per heavy atom. The quantitative estimate of drug-likeness (QED) is 0.922. The van der Waals surface area contributed by atoms with Crippen molar-refractivity contribution in [1.29, 1.82) is 0 Å². The van der Waals surface area contributed by atoms with E-state index in [9.17, 15) is 4.79 Å².